The van der Waals surface area contributed by atoms with Crippen LogP contribution in [-0.4, -0.2) is 52.4 Å². The lowest BCUT2D eigenvalue weighted by Gasteiger charge is -2.33. The number of fused-ring (bicyclic) bond motifs is 1. The molecule has 2 aromatic carbocycles. The maximum absolute atomic E-state index is 15.2. The number of benzene rings is 2. The smallest absolute Gasteiger partial charge is 0.229 e. The van der Waals surface area contributed by atoms with Gasteiger partial charge in [0.1, 0.15) is 29.5 Å². The van der Waals surface area contributed by atoms with Crippen LogP contribution in [0.15, 0.2) is 54.2 Å². The topological polar surface area (TPSA) is 91.2 Å². The summed E-state index contributed by atoms with van der Waals surface area (Å²) in [6, 6.07) is 7.13. The zero-order valence-electron chi connectivity index (χ0n) is 22.7. The molecule has 10 heteroatoms. The molecule has 2 aliphatic rings. The maximum atomic E-state index is 15.2. The molecular formula is C30H33F2N5O3. The molecule has 5 rings (SSSR count). The van der Waals surface area contributed by atoms with Crippen LogP contribution < -0.4 is 9.80 Å². The van der Waals surface area contributed by atoms with Gasteiger partial charge in [0, 0.05) is 36.4 Å². The Morgan fingerprint density at radius 3 is 2.65 bits per heavy atom. The Kier molecular flexibility index (Phi) is 8.07. The minimum atomic E-state index is -0.825. The monoisotopic (exact) mass is 549 g/mol. The van der Waals surface area contributed by atoms with Crippen molar-refractivity contribution in [2.24, 2.45) is 11.1 Å². The zero-order valence-corrected chi connectivity index (χ0v) is 22.7. The molecule has 1 atom stereocenters. The van der Waals surface area contributed by atoms with Crippen molar-refractivity contribution < 1.29 is 23.5 Å². The first-order valence-corrected chi connectivity index (χ1v) is 13.6. The fraction of sp³-hybridized carbons (Fsp3) is 0.400. The Labute approximate surface area is 232 Å². The summed E-state index contributed by atoms with van der Waals surface area (Å²) < 4.78 is 30.1. The first-order valence-electron chi connectivity index (χ1n) is 13.6. The number of halogens is 2. The van der Waals surface area contributed by atoms with Crippen molar-refractivity contribution in [2.75, 3.05) is 29.4 Å². The number of oxime groups is 1. The number of hydrogen-bond donors (Lipinski definition) is 1. The number of hydrogen-bond acceptors (Lipinski definition) is 7. The lowest BCUT2D eigenvalue weighted by molar-refractivity contribution is -0.117. The molecule has 1 amide bonds. The van der Waals surface area contributed by atoms with E-state index in [2.05, 4.69) is 33.5 Å². The molecule has 3 aromatic rings. The van der Waals surface area contributed by atoms with E-state index in [0.29, 0.717) is 46.7 Å². The molecule has 0 aliphatic carbocycles. The third kappa shape index (κ3) is 5.67. The number of allylic oxidation sites excluding steroid dienone is 1. The van der Waals surface area contributed by atoms with Gasteiger partial charge in [-0.15, -0.1) is 0 Å². The highest BCUT2D eigenvalue weighted by Crippen LogP contribution is 2.36. The van der Waals surface area contributed by atoms with Gasteiger partial charge in [-0.2, -0.15) is 0 Å². The van der Waals surface area contributed by atoms with Crippen LogP contribution in [0.3, 0.4) is 0 Å². The standard InChI is InChI=1S/C30H33F2N5O3/c1-4-5-18(2)40-35-19(3)20-8-10-36(11-9-20)30-25-14-22(31)13-24(29(25)33-17-34-30)21-6-7-27(26(32)12-21)37-16-23(38)15-28(37)39/h6-7,12-14,17,20,23,38H,2,4-5,8-11,15-16H2,1,3H3/b35-19+. The molecule has 3 heterocycles. The maximum Gasteiger partial charge on any atom is 0.229 e. The van der Waals surface area contributed by atoms with Crippen molar-refractivity contribution in [3.05, 3.63) is 60.6 Å². The van der Waals surface area contributed by atoms with Crippen LogP contribution in [0.25, 0.3) is 22.0 Å². The fourth-order valence-electron chi connectivity index (χ4n) is 5.45. The molecule has 210 valence electrons. The van der Waals surface area contributed by atoms with E-state index in [1.165, 1.54) is 35.5 Å². The van der Waals surface area contributed by atoms with Crippen molar-refractivity contribution in [3.8, 4) is 11.1 Å². The summed E-state index contributed by atoms with van der Waals surface area (Å²) in [4.78, 5) is 29.9. The second-order valence-electron chi connectivity index (χ2n) is 10.4. The number of anilines is 2. The van der Waals surface area contributed by atoms with E-state index in [1.807, 2.05) is 6.92 Å². The van der Waals surface area contributed by atoms with Crippen LogP contribution in [0.2, 0.25) is 0 Å². The molecule has 0 spiro atoms. The molecule has 2 fully saturated rings. The van der Waals surface area contributed by atoms with Gasteiger partial charge in [0.25, 0.3) is 0 Å². The normalized spacial score (nSPS) is 18.6. The Hall–Kier alpha value is -3.92. The average Bonchev–Trinajstić information content (AvgIpc) is 3.28. The molecule has 1 aromatic heterocycles. The number of carbonyl (C=O) groups is 1. The summed E-state index contributed by atoms with van der Waals surface area (Å²) in [7, 11) is 0. The van der Waals surface area contributed by atoms with Gasteiger partial charge in [-0.1, -0.05) is 24.7 Å². The molecule has 1 unspecified atom stereocenters. The summed E-state index contributed by atoms with van der Waals surface area (Å²) in [5.74, 6) is 0.0855. The van der Waals surface area contributed by atoms with Gasteiger partial charge in [-0.05, 0) is 56.0 Å². The Morgan fingerprint density at radius 1 is 1.20 bits per heavy atom. The fourth-order valence-corrected chi connectivity index (χ4v) is 5.45. The number of piperidine rings is 1. The molecule has 8 nitrogen and oxygen atoms in total. The van der Waals surface area contributed by atoms with E-state index in [0.717, 1.165) is 31.4 Å². The van der Waals surface area contributed by atoms with Crippen molar-refractivity contribution >= 4 is 34.0 Å². The van der Waals surface area contributed by atoms with Gasteiger partial charge in [0.05, 0.1) is 36.0 Å². The van der Waals surface area contributed by atoms with Gasteiger partial charge in [-0.25, -0.2) is 18.7 Å². The summed E-state index contributed by atoms with van der Waals surface area (Å²) in [5, 5.41) is 14.6. The van der Waals surface area contributed by atoms with Crippen molar-refractivity contribution in [2.45, 2.75) is 52.1 Å². The number of amides is 1. The third-order valence-corrected chi connectivity index (χ3v) is 7.57. The van der Waals surface area contributed by atoms with Crippen molar-refractivity contribution in [3.63, 3.8) is 0 Å². The quantitative estimate of drug-likeness (QED) is 0.224. The van der Waals surface area contributed by atoms with E-state index in [4.69, 9.17) is 4.84 Å². The molecule has 0 saturated carbocycles. The Bertz CT molecular complexity index is 1470. The Balaban J connectivity index is 1.39. The highest BCUT2D eigenvalue weighted by Gasteiger charge is 2.31. The van der Waals surface area contributed by atoms with Gasteiger partial charge in [-0.3, -0.25) is 4.79 Å². The van der Waals surface area contributed by atoms with Gasteiger partial charge < -0.3 is 19.7 Å². The lowest BCUT2D eigenvalue weighted by Crippen LogP contribution is -2.36. The number of rotatable bonds is 8. The second-order valence-corrected chi connectivity index (χ2v) is 10.4. The number of aliphatic hydroxyl groups excluding tert-OH is 1. The number of β-amino-alcohol motifs (C(OH)–C–C–N with tert-alkyl or cyclic N) is 1. The summed E-state index contributed by atoms with van der Waals surface area (Å²) in [6.45, 7) is 9.35. The number of carbonyl (C=O) groups excluding carboxylic acids is 1. The number of nitrogens with zero attached hydrogens (tertiary/aromatic N) is 5. The SMILES string of the molecule is C=C(CCC)O/N=C(\C)C1CCN(c2ncnc3c(-c4ccc(N5CC(O)CC5=O)c(F)c4)cc(F)cc23)CC1. The minimum Gasteiger partial charge on any atom is -0.391 e. The van der Waals surface area contributed by atoms with Gasteiger partial charge in [0.15, 0.2) is 0 Å². The molecule has 2 aliphatic heterocycles. The van der Waals surface area contributed by atoms with Crippen LogP contribution in [0, 0.1) is 17.6 Å². The number of aliphatic hydroxyl groups is 1. The van der Waals surface area contributed by atoms with Crippen molar-refractivity contribution in [1.29, 1.82) is 0 Å². The third-order valence-electron chi connectivity index (χ3n) is 7.57. The van der Waals surface area contributed by atoms with Gasteiger partial charge >= 0.3 is 0 Å². The van der Waals surface area contributed by atoms with Crippen LogP contribution >= 0.6 is 0 Å². The van der Waals surface area contributed by atoms with E-state index in [1.54, 1.807) is 6.07 Å². The van der Waals surface area contributed by atoms with E-state index in [9.17, 15) is 14.3 Å². The van der Waals surface area contributed by atoms with E-state index < -0.39 is 17.7 Å². The highest BCUT2D eigenvalue weighted by molar-refractivity contribution is 6.00. The first kappa shape index (κ1) is 27.6. The molecule has 2 saturated heterocycles. The van der Waals surface area contributed by atoms with E-state index >= 15 is 4.39 Å². The van der Waals surface area contributed by atoms with Crippen LogP contribution in [0.4, 0.5) is 20.3 Å². The summed E-state index contributed by atoms with van der Waals surface area (Å²) >= 11 is 0. The zero-order chi connectivity index (χ0) is 28.4. The highest BCUT2D eigenvalue weighted by atomic mass is 19.1. The average molecular weight is 550 g/mol. The molecule has 0 bridgehead atoms. The van der Waals surface area contributed by atoms with Crippen LogP contribution in [0.5, 0.6) is 0 Å². The van der Waals surface area contributed by atoms with Crippen molar-refractivity contribution in [1.82, 2.24) is 9.97 Å². The first-order chi connectivity index (χ1) is 19.2. The second kappa shape index (κ2) is 11.7. The predicted octanol–water partition coefficient (Wildman–Crippen LogP) is 5.60. The summed E-state index contributed by atoms with van der Waals surface area (Å²) in [5.41, 5.74) is 2.38. The molecular weight excluding hydrogens is 516 g/mol. The molecule has 40 heavy (non-hydrogen) atoms. The largest absolute Gasteiger partial charge is 0.391 e. The predicted molar refractivity (Wildman–Crippen MR) is 151 cm³/mol. The van der Waals surface area contributed by atoms with E-state index in [-0.39, 0.29) is 30.5 Å². The number of aromatic nitrogens is 2. The van der Waals surface area contributed by atoms with Gasteiger partial charge in [0.2, 0.25) is 5.91 Å². The molecule has 1 N–H and O–H groups in total. The van der Waals surface area contributed by atoms with Crippen LogP contribution in [-0.2, 0) is 9.63 Å². The summed E-state index contributed by atoms with van der Waals surface area (Å²) in [6.07, 6.45) is 3.97. The minimum absolute atomic E-state index is 0.0395. The lowest BCUT2D eigenvalue weighted by atomic mass is 9.92. The molecule has 0 radical (unpaired) electrons. The Morgan fingerprint density at radius 2 is 1.98 bits per heavy atom. The van der Waals surface area contributed by atoms with Crippen LogP contribution in [0.1, 0.15) is 46.0 Å².